The minimum Gasteiger partial charge on any atom is -0.478 e. The zero-order valence-electron chi connectivity index (χ0n) is 12.2. The summed E-state index contributed by atoms with van der Waals surface area (Å²) < 4.78 is 7.33. The van der Waals surface area contributed by atoms with Gasteiger partial charge >= 0.3 is 5.97 Å². The fourth-order valence-electron chi connectivity index (χ4n) is 2.40. The van der Waals surface area contributed by atoms with E-state index in [1.54, 1.807) is 6.33 Å². The maximum Gasteiger partial charge on any atom is 0.335 e. The molecule has 22 heavy (non-hydrogen) atoms. The summed E-state index contributed by atoms with van der Waals surface area (Å²) in [5.41, 5.74) is 1.47. The Morgan fingerprint density at radius 1 is 1.23 bits per heavy atom. The Morgan fingerprint density at radius 3 is 2.82 bits per heavy atom. The third kappa shape index (κ3) is 3.49. The number of hydrogen-bond donors (Lipinski definition) is 1. The van der Waals surface area contributed by atoms with Gasteiger partial charge in [0, 0.05) is 38.6 Å². The molecule has 7 heteroatoms. The fourth-order valence-corrected chi connectivity index (χ4v) is 2.40. The average Bonchev–Trinajstić information content (AvgIpc) is 3.03. The molecule has 1 aliphatic heterocycles. The van der Waals surface area contributed by atoms with Gasteiger partial charge in [-0.25, -0.2) is 9.78 Å². The Morgan fingerprint density at radius 2 is 2.05 bits per heavy atom. The van der Waals surface area contributed by atoms with E-state index in [0.29, 0.717) is 11.4 Å². The molecule has 0 radical (unpaired) electrons. The van der Waals surface area contributed by atoms with E-state index < -0.39 is 5.97 Å². The number of ether oxygens (including phenoxy) is 1. The Bertz CT molecular complexity index is 650. The third-order valence-electron chi connectivity index (χ3n) is 3.68. The Balaban J connectivity index is 1.65. The molecule has 1 fully saturated rings. The number of carbonyl (C=O) groups is 1. The number of imidazole rings is 1. The van der Waals surface area contributed by atoms with Crippen LogP contribution in [0.4, 0.5) is 0 Å². The van der Waals surface area contributed by atoms with Crippen molar-refractivity contribution in [3.8, 4) is 11.4 Å². The monoisotopic (exact) mass is 302 g/mol. The molecule has 0 saturated carbocycles. The van der Waals surface area contributed by atoms with Crippen molar-refractivity contribution in [2.45, 2.75) is 6.54 Å². The van der Waals surface area contributed by atoms with Crippen molar-refractivity contribution in [3.05, 3.63) is 36.4 Å². The van der Waals surface area contributed by atoms with Crippen LogP contribution in [0.3, 0.4) is 0 Å². The Kier molecular flexibility index (Phi) is 4.45. The molecule has 2 aromatic heterocycles. The summed E-state index contributed by atoms with van der Waals surface area (Å²) in [6.07, 6.45) is 5.14. The van der Waals surface area contributed by atoms with Crippen LogP contribution in [0.5, 0.6) is 0 Å². The summed E-state index contributed by atoms with van der Waals surface area (Å²) >= 11 is 0. The van der Waals surface area contributed by atoms with E-state index in [1.165, 1.54) is 18.3 Å². The molecule has 1 aliphatic rings. The maximum atomic E-state index is 11.0. The number of carboxylic acid groups (broad SMARTS) is 1. The van der Waals surface area contributed by atoms with Crippen molar-refractivity contribution in [1.29, 1.82) is 0 Å². The van der Waals surface area contributed by atoms with Crippen LogP contribution in [-0.4, -0.2) is 63.4 Å². The van der Waals surface area contributed by atoms with Gasteiger partial charge < -0.3 is 14.4 Å². The number of pyridine rings is 1. The van der Waals surface area contributed by atoms with Gasteiger partial charge in [-0.15, -0.1) is 0 Å². The third-order valence-corrected chi connectivity index (χ3v) is 3.68. The fraction of sp³-hybridized carbons (Fsp3) is 0.400. The van der Waals surface area contributed by atoms with E-state index in [4.69, 9.17) is 9.84 Å². The van der Waals surface area contributed by atoms with E-state index in [9.17, 15) is 4.79 Å². The summed E-state index contributed by atoms with van der Waals surface area (Å²) in [4.78, 5) is 21.9. The largest absolute Gasteiger partial charge is 0.478 e. The van der Waals surface area contributed by atoms with E-state index in [2.05, 4.69) is 14.9 Å². The number of morpholine rings is 1. The standard InChI is InChI=1S/C15H18N4O3/c20-15(21)12-1-2-16-13(9-12)14-10-19(11-17-14)4-3-18-5-7-22-8-6-18/h1-2,9-11H,3-8H2,(H,20,21). The minimum atomic E-state index is -0.963. The summed E-state index contributed by atoms with van der Waals surface area (Å²) in [5.74, 6) is -0.963. The van der Waals surface area contributed by atoms with E-state index in [0.717, 1.165) is 39.4 Å². The van der Waals surface area contributed by atoms with Crippen LogP contribution >= 0.6 is 0 Å². The van der Waals surface area contributed by atoms with Crippen LogP contribution in [0, 0.1) is 0 Å². The first kappa shape index (κ1) is 14.7. The lowest BCUT2D eigenvalue weighted by molar-refractivity contribution is 0.0364. The second-order valence-electron chi connectivity index (χ2n) is 5.19. The van der Waals surface area contributed by atoms with Gasteiger partial charge in [-0.2, -0.15) is 0 Å². The molecule has 1 saturated heterocycles. The molecule has 0 amide bonds. The number of aromatic nitrogens is 3. The van der Waals surface area contributed by atoms with Gasteiger partial charge in [-0.05, 0) is 12.1 Å². The van der Waals surface area contributed by atoms with Crippen molar-refractivity contribution in [3.63, 3.8) is 0 Å². The van der Waals surface area contributed by atoms with Gasteiger partial charge in [0.1, 0.15) is 5.69 Å². The maximum absolute atomic E-state index is 11.0. The summed E-state index contributed by atoms with van der Waals surface area (Å²) in [6.45, 7) is 5.29. The Labute approximate surface area is 128 Å². The van der Waals surface area contributed by atoms with Crippen LogP contribution in [0.2, 0.25) is 0 Å². The molecule has 0 unspecified atom stereocenters. The molecule has 3 heterocycles. The highest BCUT2D eigenvalue weighted by Gasteiger charge is 2.11. The molecule has 0 bridgehead atoms. The van der Waals surface area contributed by atoms with Crippen molar-refractivity contribution < 1.29 is 14.6 Å². The zero-order valence-corrected chi connectivity index (χ0v) is 12.2. The first-order valence-corrected chi connectivity index (χ1v) is 7.24. The van der Waals surface area contributed by atoms with Gasteiger partial charge in [-0.3, -0.25) is 9.88 Å². The first-order chi connectivity index (χ1) is 10.7. The van der Waals surface area contributed by atoms with Crippen molar-refractivity contribution in [2.24, 2.45) is 0 Å². The highest BCUT2D eigenvalue weighted by atomic mass is 16.5. The van der Waals surface area contributed by atoms with Gasteiger partial charge in [-0.1, -0.05) is 0 Å². The minimum absolute atomic E-state index is 0.216. The van der Waals surface area contributed by atoms with Crippen LogP contribution in [0.1, 0.15) is 10.4 Å². The van der Waals surface area contributed by atoms with Gasteiger partial charge in [0.2, 0.25) is 0 Å². The lowest BCUT2D eigenvalue weighted by atomic mass is 10.2. The topological polar surface area (TPSA) is 80.5 Å². The number of nitrogens with zero attached hydrogens (tertiary/aromatic N) is 4. The zero-order chi connectivity index (χ0) is 15.4. The van der Waals surface area contributed by atoms with Gasteiger partial charge in [0.15, 0.2) is 0 Å². The van der Waals surface area contributed by atoms with E-state index in [1.807, 2.05) is 10.8 Å². The Hall–Kier alpha value is -2.25. The number of hydrogen-bond acceptors (Lipinski definition) is 5. The number of rotatable bonds is 5. The van der Waals surface area contributed by atoms with Gasteiger partial charge in [0.05, 0.1) is 30.8 Å². The summed E-state index contributed by atoms with van der Waals surface area (Å²) in [7, 11) is 0. The van der Waals surface area contributed by atoms with Crippen LogP contribution in [0.15, 0.2) is 30.9 Å². The molecule has 7 nitrogen and oxygen atoms in total. The van der Waals surface area contributed by atoms with Crippen LogP contribution < -0.4 is 0 Å². The predicted molar refractivity (Wildman–Crippen MR) is 79.7 cm³/mol. The van der Waals surface area contributed by atoms with Crippen molar-refractivity contribution in [2.75, 3.05) is 32.8 Å². The normalized spacial score (nSPS) is 15.8. The lowest BCUT2D eigenvalue weighted by Crippen LogP contribution is -2.38. The highest BCUT2D eigenvalue weighted by Crippen LogP contribution is 2.15. The van der Waals surface area contributed by atoms with Crippen LogP contribution in [-0.2, 0) is 11.3 Å². The molecule has 0 atom stereocenters. The molecule has 0 aromatic carbocycles. The van der Waals surface area contributed by atoms with E-state index in [-0.39, 0.29) is 5.56 Å². The first-order valence-electron chi connectivity index (χ1n) is 7.24. The average molecular weight is 302 g/mol. The molecular formula is C15H18N4O3. The van der Waals surface area contributed by atoms with Crippen LogP contribution in [0.25, 0.3) is 11.4 Å². The molecule has 1 N–H and O–H groups in total. The lowest BCUT2D eigenvalue weighted by Gasteiger charge is -2.26. The van der Waals surface area contributed by atoms with E-state index >= 15 is 0 Å². The molecule has 0 spiro atoms. The summed E-state index contributed by atoms with van der Waals surface area (Å²) in [5, 5.41) is 9.02. The van der Waals surface area contributed by atoms with Crippen molar-refractivity contribution >= 4 is 5.97 Å². The molecule has 116 valence electrons. The summed E-state index contributed by atoms with van der Waals surface area (Å²) in [6, 6.07) is 3.01. The molecule has 2 aromatic rings. The number of aromatic carboxylic acids is 1. The SMILES string of the molecule is O=C(O)c1ccnc(-c2cn(CCN3CCOCC3)cn2)c1. The smallest absolute Gasteiger partial charge is 0.335 e. The molecular weight excluding hydrogens is 284 g/mol. The van der Waals surface area contributed by atoms with Crippen molar-refractivity contribution in [1.82, 2.24) is 19.4 Å². The number of carboxylic acids is 1. The quantitative estimate of drug-likeness (QED) is 0.886. The second kappa shape index (κ2) is 6.67. The second-order valence-corrected chi connectivity index (χ2v) is 5.19. The van der Waals surface area contributed by atoms with Gasteiger partial charge in [0.25, 0.3) is 0 Å². The molecule has 0 aliphatic carbocycles. The highest BCUT2D eigenvalue weighted by molar-refractivity contribution is 5.88. The molecule has 3 rings (SSSR count). The predicted octanol–water partition coefficient (Wildman–Crippen LogP) is 0.975.